The Morgan fingerprint density at radius 2 is 2.00 bits per heavy atom. The molecular formula is C20H25FN2O4. The van der Waals surface area contributed by atoms with Crippen LogP contribution in [0.25, 0.3) is 0 Å². The zero-order valence-corrected chi connectivity index (χ0v) is 15.1. The third kappa shape index (κ3) is 5.14. The number of amides is 2. The van der Waals surface area contributed by atoms with Crippen molar-refractivity contribution >= 4 is 11.8 Å². The highest BCUT2D eigenvalue weighted by molar-refractivity contribution is 5.94. The van der Waals surface area contributed by atoms with Gasteiger partial charge in [-0.3, -0.25) is 9.59 Å². The van der Waals surface area contributed by atoms with Gasteiger partial charge in [0, 0.05) is 18.7 Å². The second kappa shape index (κ2) is 9.10. The van der Waals surface area contributed by atoms with Crippen LogP contribution in [-0.2, 0) is 9.53 Å². The fourth-order valence-electron chi connectivity index (χ4n) is 3.44. The van der Waals surface area contributed by atoms with Gasteiger partial charge in [0.15, 0.2) is 0 Å². The van der Waals surface area contributed by atoms with Crippen LogP contribution in [0.3, 0.4) is 0 Å². The molecule has 1 aromatic rings. The Labute approximate surface area is 158 Å². The van der Waals surface area contributed by atoms with Crippen LogP contribution < -0.4 is 5.32 Å². The predicted octanol–water partition coefficient (Wildman–Crippen LogP) is 1.64. The molecule has 2 aliphatic heterocycles. The summed E-state index contributed by atoms with van der Waals surface area (Å²) in [5.41, 5.74) is 0.197. The fourth-order valence-corrected chi connectivity index (χ4v) is 3.44. The number of benzene rings is 1. The van der Waals surface area contributed by atoms with Gasteiger partial charge < -0.3 is 20.1 Å². The van der Waals surface area contributed by atoms with E-state index >= 15 is 0 Å². The summed E-state index contributed by atoms with van der Waals surface area (Å²) in [4.78, 5) is 26.5. The van der Waals surface area contributed by atoms with Crippen molar-refractivity contribution in [2.45, 2.75) is 43.9 Å². The van der Waals surface area contributed by atoms with E-state index in [1.807, 2.05) is 4.90 Å². The van der Waals surface area contributed by atoms with Crippen molar-refractivity contribution in [3.05, 3.63) is 47.8 Å². The maximum Gasteiger partial charge on any atom is 0.251 e. The molecule has 146 valence electrons. The summed E-state index contributed by atoms with van der Waals surface area (Å²) in [6.07, 6.45) is 5.81. The summed E-state index contributed by atoms with van der Waals surface area (Å²) in [7, 11) is 0. The van der Waals surface area contributed by atoms with Gasteiger partial charge in [-0.05, 0) is 37.5 Å². The Morgan fingerprint density at radius 3 is 2.70 bits per heavy atom. The molecule has 2 N–H and O–H groups in total. The van der Waals surface area contributed by atoms with Crippen molar-refractivity contribution in [3.63, 3.8) is 0 Å². The van der Waals surface area contributed by atoms with Gasteiger partial charge in [-0.15, -0.1) is 0 Å². The molecule has 7 heteroatoms. The molecule has 2 heterocycles. The van der Waals surface area contributed by atoms with Crippen molar-refractivity contribution in [1.82, 2.24) is 10.2 Å². The van der Waals surface area contributed by atoms with E-state index in [0.29, 0.717) is 0 Å². The molecule has 6 nitrogen and oxygen atoms in total. The van der Waals surface area contributed by atoms with Crippen molar-refractivity contribution in [3.8, 4) is 0 Å². The van der Waals surface area contributed by atoms with Crippen LogP contribution in [0, 0.1) is 5.82 Å². The second-order valence-corrected chi connectivity index (χ2v) is 6.94. The molecule has 27 heavy (non-hydrogen) atoms. The van der Waals surface area contributed by atoms with E-state index in [9.17, 15) is 19.1 Å². The average molecular weight is 376 g/mol. The van der Waals surface area contributed by atoms with Gasteiger partial charge in [0.05, 0.1) is 25.2 Å². The average Bonchev–Trinajstić information content (AvgIpc) is 2.69. The number of carbonyl (C=O) groups is 2. The van der Waals surface area contributed by atoms with Gasteiger partial charge in [0.1, 0.15) is 11.9 Å². The molecule has 2 amide bonds. The van der Waals surface area contributed by atoms with Crippen LogP contribution >= 0.6 is 0 Å². The first-order chi connectivity index (χ1) is 13.1. The Bertz CT molecular complexity index is 703. The summed E-state index contributed by atoms with van der Waals surface area (Å²) in [6.45, 7) is 1.27. The van der Waals surface area contributed by atoms with Crippen LogP contribution in [0.4, 0.5) is 4.39 Å². The number of aliphatic hydroxyl groups excluding tert-OH is 1. The lowest BCUT2D eigenvalue weighted by Crippen LogP contribution is -2.49. The molecule has 0 saturated carbocycles. The first kappa shape index (κ1) is 19.5. The summed E-state index contributed by atoms with van der Waals surface area (Å²) in [6, 6.07) is 4.84. The van der Waals surface area contributed by atoms with Gasteiger partial charge >= 0.3 is 0 Å². The molecule has 3 rings (SSSR count). The van der Waals surface area contributed by atoms with Crippen LogP contribution in [0.2, 0.25) is 0 Å². The van der Waals surface area contributed by atoms with Crippen LogP contribution in [0.1, 0.15) is 36.0 Å². The molecule has 0 unspecified atom stereocenters. The third-order valence-corrected chi connectivity index (χ3v) is 4.93. The lowest BCUT2D eigenvalue weighted by molar-refractivity contribution is -0.136. The highest BCUT2D eigenvalue weighted by Crippen LogP contribution is 2.19. The highest BCUT2D eigenvalue weighted by atomic mass is 19.1. The summed E-state index contributed by atoms with van der Waals surface area (Å²) in [5, 5.41) is 12.4. The molecule has 0 bridgehead atoms. The minimum Gasteiger partial charge on any atom is -0.394 e. The molecule has 3 atom stereocenters. The Kier molecular flexibility index (Phi) is 6.58. The largest absolute Gasteiger partial charge is 0.394 e. The van der Waals surface area contributed by atoms with Crippen molar-refractivity contribution in [1.29, 1.82) is 0 Å². The van der Waals surface area contributed by atoms with Crippen LogP contribution in [0.5, 0.6) is 0 Å². The number of ether oxygens (including phenoxy) is 1. The maximum atomic E-state index is 13.3. The van der Waals surface area contributed by atoms with E-state index in [2.05, 4.69) is 5.32 Å². The quantitative estimate of drug-likeness (QED) is 0.766. The lowest BCUT2D eigenvalue weighted by atomic mass is 10.0. The first-order valence-corrected chi connectivity index (χ1v) is 9.35. The summed E-state index contributed by atoms with van der Waals surface area (Å²) in [5.74, 6) is -0.898. The molecule has 0 aromatic heterocycles. The third-order valence-electron chi connectivity index (χ3n) is 4.93. The number of rotatable bonds is 5. The van der Waals surface area contributed by atoms with Crippen molar-refractivity contribution in [2.24, 2.45) is 0 Å². The predicted molar refractivity (Wildman–Crippen MR) is 97.6 cm³/mol. The topological polar surface area (TPSA) is 78.9 Å². The molecule has 2 aliphatic rings. The first-order valence-electron chi connectivity index (χ1n) is 9.35. The van der Waals surface area contributed by atoms with E-state index < -0.39 is 30.0 Å². The molecule has 0 radical (unpaired) electrons. The summed E-state index contributed by atoms with van der Waals surface area (Å²) < 4.78 is 19.1. The van der Waals surface area contributed by atoms with Gasteiger partial charge in [-0.2, -0.15) is 0 Å². The second-order valence-electron chi connectivity index (χ2n) is 6.94. The number of likely N-dealkylation sites (tertiary alicyclic amines) is 1. The van der Waals surface area contributed by atoms with Crippen molar-refractivity contribution in [2.75, 3.05) is 19.7 Å². The molecular weight excluding hydrogens is 351 g/mol. The molecule has 0 aliphatic carbocycles. The van der Waals surface area contributed by atoms with Gasteiger partial charge in [-0.1, -0.05) is 18.2 Å². The summed E-state index contributed by atoms with van der Waals surface area (Å²) >= 11 is 0. The van der Waals surface area contributed by atoms with E-state index in [-0.39, 0.29) is 24.5 Å². The number of carbonyl (C=O) groups excluding carboxylic acids is 2. The minimum absolute atomic E-state index is 0.0447. The lowest BCUT2D eigenvalue weighted by Gasteiger charge is -2.33. The van der Waals surface area contributed by atoms with Gasteiger partial charge in [-0.25, -0.2) is 4.39 Å². The van der Waals surface area contributed by atoms with E-state index in [1.165, 1.54) is 18.2 Å². The van der Waals surface area contributed by atoms with Crippen molar-refractivity contribution < 1.29 is 23.8 Å². The number of hydrogen-bond acceptors (Lipinski definition) is 4. The zero-order chi connectivity index (χ0) is 19.2. The standard InChI is InChI=1S/C20H25FN2O4/c21-15-6-4-5-14(11-15)20(26)22-17-8-7-16(27-18(17)13-24)12-19(25)23-9-2-1-3-10-23/h4-8,11,16-18,24H,1-3,9-10,12-13H2,(H,22,26)/t16-,17+,18-/m0/s1. The molecule has 0 spiro atoms. The highest BCUT2D eigenvalue weighted by Gasteiger charge is 2.30. The number of hydrogen-bond donors (Lipinski definition) is 2. The number of nitrogens with one attached hydrogen (secondary N) is 1. The van der Waals surface area contributed by atoms with Crippen LogP contribution in [0.15, 0.2) is 36.4 Å². The molecule has 1 aromatic carbocycles. The van der Waals surface area contributed by atoms with E-state index in [4.69, 9.17) is 4.74 Å². The zero-order valence-electron chi connectivity index (χ0n) is 15.1. The van der Waals surface area contributed by atoms with E-state index in [1.54, 1.807) is 12.2 Å². The fraction of sp³-hybridized carbons (Fsp3) is 0.500. The Hall–Kier alpha value is -2.25. The Morgan fingerprint density at radius 1 is 1.22 bits per heavy atom. The van der Waals surface area contributed by atoms with Gasteiger partial charge in [0.2, 0.25) is 5.91 Å². The minimum atomic E-state index is -0.660. The number of aliphatic hydroxyl groups is 1. The molecule has 1 fully saturated rings. The number of piperidine rings is 1. The number of halogens is 1. The normalized spacial score (nSPS) is 25.3. The molecule has 1 saturated heterocycles. The van der Waals surface area contributed by atoms with Gasteiger partial charge in [0.25, 0.3) is 5.91 Å². The SMILES string of the molecule is O=C(N[C@@H]1C=C[C@@H](CC(=O)N2CCCCC2)O[C@H]1CO)c1cccc(F)c1. The Balaban J connectivity index is 1.59. The van der Waals surface area contributed by atoms with Crippen LogP contribution in [-0.4, -0.2) is 59.8 Å². The van der Waals surface area contributed by atoms with E-state index in [0.717, 1.165) is 38.4 Å². The monoisotopic (exact) mass is 376 g/mol. The smallest absolute Gasteiger partial charge is 0.251 e. The maximum absolute atomic E-state index is 13.3. The number of nitrogens with zero attached hydrogens (tertiary/aromatic N) is 1.